The van der Waals surface area contributed by atoms with E-state index >= 15 is 0 Å². The van der Waals surface area contributed by atoms with Crippen LogP contribution in [0.2, 0.25) is 0 Å². The molecule has 6 heteroatoms. The third-order valence-electron chi connectivity index (χ3n) is 3.05. The molecule has 2 aromatic rings. The molecule has 2 rings (SSSR count). The van der Waals surface area contributed by atoms with Crippen LogP contribution in [-0.4, -0.2) is 27.3 Å². The molecule has 24 heavy (non-hydrogen) atoms. The Balaban J connectivity index is 1.78. The van der Waals surface area contributed by atoms with Gasteiger partial charge in [0.2, 0.25) is 0 Å². The molecule has 1 N–H and O–H groups in total. The van der Waals surface area contributed by atoms with Crippen molar-refractivity contribution in [2.45, 2.75) is 11.5 Å². The molecule has 5 nitrogen and oxygen atoms in total. The van der Waals surface area contributed by atoms with Crippen molar-refractivity contribution in [3.8, 4) is 11.8 Å². The van der Waals surface area contributed by atoms with Crippen molar-refractivity contribution in [1.82, 2.24) is 5.32 Å². The highest BCUT2D eigenvalue weighted by molar-refractivity contribution is 7.90. The maximum atomic E-state index is 11.5. The first kappa shape index (κ1) is 17.6. The Labute approximate surface area is 141 Å². The highest BCUT2D eigenvalue weighted by atomic mass is 32.2. The quantitative estimate of drug-likeness (QED) is 0.865. The second-order valence-electron chi connectivity index (χ2n) is 5.01. The molecule has 0 heterocycles. The van der Waals surface area contributed by atoms with Gasteiger partial charge in [-0.25, -0.2) is 13.2 Å². The van der Waals surface area contributed by atoms with E-state index in [2.05, 4.69) is 17.2 Å². The van der Waals surface area contributed by atoms with Crippen molar-refractivity contribution in [2.75, 3.05) is 12.8 Å². The van der Waals surface area contributed by atoms with Gasteiger partial charge in [0.25, 0.3) is 0 Å². The van der Waals surface area contributed by atoms with Crippen LogP contribution in [0.15, 0.2) is 59.5 Å². The van der Waals surface area contributed by atoms with Crippen molar-refractivity contribution >= 4 is 15.9 Å². The second kappa shape index (κ2) is 8.18. The number of ether oxygens (including phenoxy) is 1. The first-order valence-electron chi connectivity index (χ1n) is 7.19. The molecule has 0 spiro atoms. The fourth-order valence-electron chi connectivity index (χ4n) is 1.82. The highest BCUT2D eigenvalue weighted by Gasteiger charge is 2.05. The minimum atomic E-state index is -3.21. The Hall–Kier alpha value is -2.78. The molecule has 0 aliphatic carbocycles. The molecule has 0 aliphatic heterocycles. The zero-order valence-corrected chi connectivity index (χ0v) is 14.0. The lowest BCUT2D eigenvalue weighted by Gasteiger charge is -2.04. The van der Waals surface area contributed by atoms with Gasteiger partial charge in [-0.15, -0.1) is 0 Å². The number of alkyl carbamates (subject to hydrolysis) is 1. The molecule has 0 aliphatic rings. The van der Waals surface area contributed by atoms with E-state index in [1.165, 1.54) is 12.1 Å². The summed E-state index contributed by atoms with van der Waals surface area (Å²) in [4.78, 5) is 11.8. The number of carbonyl (C=O) groups is 1. The van der Waals surface area contributed by atoms with E-state index in [9.17, 15) is 13.2 Å². The van der Waals surface area contributed by atoms with E-state index < -0.39 is 15.9 Å². The first-order chi connectivity index (χ1) is 11.4. The normalized spacial score (nSPS) is 10.4. The topological polar surface area (TPSA) is 72.5 Å². The van der Waals surface area contributed by atoms with Gasteiger partial charge in [0.15, 0.2) is 9.84 Å². The summed E-state index contributed by atoms with van der Waals surface area (Å²) in [5, 5.41) is 2.53. The van der Waals surface area contributed by atoms with Crippen LogP contribution < -0.4 is 5.32 Å². The van der Waals surface area contributed by atoms with E-state index in [1.54, 1.807) is 12.1 Å². The fraction of sp³-hybridized carbons (Fsp3) is 0.167. The zero-order chi connectivity index (χ0) is 17.4. The van der Waals surface area contributed by atoms with Gasteiger partial charge >= 0.3 is 6.09 Å². The van der Waals surface area contributed by atoms with Gasteiger partial charge in [0, 0.05) is 11.8 Å². The average molecular weight is 343 g/mol. The molecule has 0 aromatic heterocycles. The number of nitrogens with one attached hydrogen (secondary N) is 1. The van der Waals surface area contributed by atoms with E-state index in [-0.39, 0.29) is 18.0 Å². The van der Waals surface area contributed by atoms with Crippen LogP contribution in [0.1, 0.15) is 11.1 Å². The maximum Gasteiger partial charge on any atom is 0.408 e. The summed E-state index contributed by atoms with van der Waals surface area (Å²) >= 11 is 0. The fourth-order valence-corrected chi connectivity index (χ4v) is 2.45. The summed E-state index contributed by atoms with van der Waals surface area (Å²) in [5.41, 5.74) is 1.58. The standard InChI is InChI=1S/C18H17NO4S/c1-24(21,22)17-11-9-15(10-12-17)8-5-13-19-18(20)23-14-16-6-3-2-4-7-16/h2-4,6-7,9-12H,13-14H2,1H3,(H,19,20). The molecule has 0 saturated heterocycles. The van der Waals surface area contributed by atoms with Gasteiger partial charge in [0.1, 0.15) is 6.61 Å². The van der Waals surface area contributed by atoms with Crippen LogP contribution >= 0.6 is 0 Å². The van der Waals surface area contributed by atoms with E-state index in [0.29, 0.717) is 5.56 Å². The Kier molecular flexibility index (Phi) is 5.99. The van der Waals surface area contributed by atoms with Crippen molar-refractivity contribution in [1.29, 1.82) is 0 Å². The molecule has 1 amide bonds. The van der Waals surface area contributed by atoms with Crippen LogP contribution in [-0.2, 0) is 21.2 Å². The Morgan fingerprint density at radius 2 is 1.75 bits per heavy atom. The van der Waals surface area contributed by atoms with Crippen molar-refractivity contribution in [3.05, 3.63) is 65.7 Å². The number of carbonyl (C=O) groups excluding carboxylic acids is 1. The molecule has 0 fully saturated rings. The summed E-state index contributed by atoms with van der Waals surface area (Å²) in [7, 11) is -3.21. The predicted octanol–water partition coefficient (Wildman–Crippen LogP) is 2.37. The van der Waals surface area contributed by atoms with Crippen LogP contribution in [0, 0.1) is 11.8 Å². The summed E-state index contributed by atoms with van der Waals surface area (Å²) in [6, 6.07) is 15.6. The van der Waals surface area contributed by atoms with E-state index in [4.69, 9.17) is 4.74 Å². The monoisotopic (exact) mass is 343 g/mol. The number of amides is 1. The smallest absolute Gasteiger partial charge is 0.408 e. The van der Waals surface area contributed by atoms with Crippen molar-refractivity contribution in [2.24, 2.45) is 0 Å². The Bertz CT molecular complexity index is 847. The van der Waals surface area contributed by atoms with Crippen LogP contribution in [0.25, 0.3) is 0 Å². The molecule has 0 bridgehead atoms. The lowest BCUT2D eigenvalue weighted by molar-refractivity contribution is 0.141. The number of hydrogen-bond acceptors (Lipinski definition) is 4. The lowest BCUT2D eigenvalue weighted by Crippen LogP contribution is -2.24. The van der Waals surface area contributed by atoms with Crippen molar-refractivity contribution < 1.29 is 17.9 Å². The van der Waals surface area contributed by atoms with Crippen LogP contribution in [0.5, 0.6) is 0 Å². The third-order valence-corrected chi connectivity index (χ3v) is 4.18. The SMILES string of the molecule is CS(=O)(=O)c1ccc(C#CCNC(=O)OCc2ccccc2)cc1. The summed E-state index contributed by atoms with van der Waals surface area (Å²) < 4.78 is 27.7. The van der Waals surface area contributed by atoms with Crippen molar-refractivity contribution in [3.63, 3.8) is 0 Å². The third kappa shape index (κ3) is 5.78. The molecular formula is C18H17NO4S. The minimum Gasteiger partial charge on any atom is -0.445 e. The number of rotatable bonds is 4. The summed E-state index contributed by atoms with van der Waals surface area (Å²) in [6.07, 6.45) is 0.610. The highest BCUT2D eigenvalue weighted by Crippen LogP contribution is 2.09. The summed E-state index contributed by atoms with van der Waals surface area (Å²) in [6.45, 7) is 0.342. The van der Waals surface area contributed by atoms with Gasteiger partial charge in [-0.2, -0.15) is 0 Å². The number of benzene rings is 2. The Morgan fingerprint density at radius 1 is 1.08 bits per heavy atom. The number of sulfone groups is 1. The summed E-state index contributed by atoms with van der Waals surface area (Å²) in [5.74, 6) is 5.61. The van der Waals surface area contributed by atoms with E-state index in [1.807, 2.05) is 30.3 Å². The van der Waals surface area contributed by atoms with Gasteiger partial charge in [-0.3, -0.25) is 0 Å². The average Bonchev–Trinajstić information content (AvgIpc) is 2.57. The minimum absolute atomic E-state index is 0.140. The van der Waals surface area contributed by atoms with Gasteiger partial charge < -0.3 is 10.1 Å². The lowest BCUT2D eigenvalue weighted by atomic mass is 10.2. The molecule has 2 aromatic carbocycles. The molecule has 0 saturated carbocycles. The molecule has 0 radical (unpaired) electrons. The van der Waals surface area contributed by atoms with Crippen LogP contribution in [0.4, 0.5) is 4.79 Å². The van der Waals surface area contributed by atoms with Gasteiger partial charge in [0.05, 0.1) is 11.4 Å². The van der Waals surface area contributed by atoms with Crippen LogP contribution in [0.3, 0.4) is 0 Å². The largest absolute Gasteiger partial charge is 0.445 e. The molecular weight excluding hydrogens is 326 g/mol. The van der Waals surface area contributed by atoms with Gasteiger partial charge in [-0.1, -0.05) is 42.2 Å². The predicted molar refractivity (Wildman–Crippen MR) is 91.1 cm³/mol. The Morgan fingerprint density at radius 3 is 2.38 bits per heavy atom. The molecule has 0 unspecified atom stereocenters. The molecule has 124 valence electrons. The zero-order valence-electron chi connectivity index (χ0n) is 13.2. The van der Waals surface area contributed by atoms with Gasteiger partial charge in [-0.05, 0) is 29.8 Å². The molecule has 0 atom stereocenters. The number of hydrogen-bond donors (Lipinski definition) is 1. The van der Waals surface area contributed by atoms with E-state index in [0.717, 1.165) is 11.8 Å². The first-order valence-corrected chi connectivity index (χ1v) is 9.08. The second-order valence-corrected chi connectivity index (χ2v) is 7.03. The maximum absolute atomic E-state index is 11.5.